The van der Waals surface area contributed by atoms with E-state index in [9.17, 15) is 24.6 Å². The smallest absolute Gasteiger partial charge is 0.407 e. The van der Waals surface area contributed by atoms with Crippen molar-refractivity contribution in [1.82, 2.24) is 15.1 Å². The van der Waals surface area contributed by atoms with Gasteiger partial charge in [-0.1, -0.05) is 48.5 Å². The van der Waals surface area contributed by atoms with Crippen molar-refractivity contribution >= 4 is 18.0 Å². The molecule has 1 atom stereocenters. The van der Waals surface area contributed by atoms with Gasteiger partial charge in [0.15, 0.2) is 5.60 Å². The minimum Gasteiger partial charge on any atom is -0.479 e. The van der Waals surface area contributed by atoms with Gasteiger partial charge in [0.2, 0.25) is 5.91 Å². The molecule has 2 amide bonds. The Kier molecular flexibility index (Phi) is 7.09. The lowest BCUT2D eigenvalue weighted by Gasteiger charge is -2.37. The molecule has 2 aromatic carbocycles. The van der Waals surface area contributed by atoms with E-state index in [1.807, 2.05) is 36.4 Å². The second-order valence-electron chi connectivity index (χ2n) is 9.45. The Morgan fingerprint density at radius 1 is 1.06 bits per heavy atom. The first-order valence-corrected chi connectivity index (χ1v) is 11.7. The van der Waals surface area contributed by atoms with Gasteiger partial charge < -0.3 is 30.1 Å². The molecule has 0 bridgehead atoms. The van der Waals surface area contributed by atoms with Crippen LogP contribution in [-0.4, -0.2) is 90.0 Å². The number of hydrogen-bond donors (Lipinski definition) is 3. The quantitative estimate of drug-likeness (QED) is 0.553. The minimum atomic E-state index is -1.83. The van der Waals surface area contributed by atoms with E-state index >= 15 is 0 Å². The number of rotatable bonds is 7. The van der Waals surface area contributed by atoms with Crippen LogP contribution in [-0.2, 0) is 14.3 Å². The molecule has 35 heavy (non-hydrogen) atoms. The van der Waals surface area contributed by atoms with Gasteiger partial charge in [-0.25, -0.2) is 9.59 Å². The number of benzene rings is 2. The molecule has 1 saturated heterocycles. The second kappa shape index (κ2) is 10.1. The molecule has 186 valence electrons. The van der Waals surface area contributed by atoms with Gasteiger partial charge in [0.25, 0.3) is 0 Å². The number of ether oxygens (including phenoxy) is 1. The number of carboxylic acids is 1. The van der Waals surface area contributed by atoms with Crippen LogP contribution in [0.3, 0.4) is 0 Å². The van der Waals surface area contributed by atoms with Gasteiger partial charge in [0.05, 0.1) is 0 Å². The topological polar surface area (TPSA) is 119 Å². The van der Waals surface area contributed by atoms with Crippen LogP contribution in [0, 0.1) is 0 Å². The maximum absolute atomic E-state index is 13.1. The molecule has 0 aromatic heterocycles. The molecule has 1 fully saturated rings. The third-order valence-electron chi connectivity index (χ3n) is 6.78. The number of amides is 2. The van der Waals surface area contributed by atoms with Crippen LogP contribution in [0.5, 0.6) is 0 Å². The van der Waals surface area contributed by atoms with E-state index in [1.54, 1.807) is 19.0 Å². The largest absolute Gasteiger partial charge is 0.479 e. The summed E-state index contributed by atoms with van der Waals surface area (Å²) in [4.78, 5) is 40.4. The molecular formula is C26H31N3O6. The van der Waals surface area contributed by atoms with E-state index in [0.29, 0.717) is 0 Å². The standard InChI is InChI=1S/C26H31N3O6/c1-28(2)15-22(23(30)29-13-11-26(34,12-14-29)24(31)32)27-25(33)35-16-21-19-9-5-3-7-17(19)18-8-4-6-10-20(18)21/h3-10,21-22,34H,11-16H2,1-2H3,(H,27,33)(H,31,32)/t22-/m0/s1. The first-order chi connectivity index (χ1) is 16.7. The van der Waals surface area contributed by atoms with E-state index in [4.69, 9.17) is 4.74 Å². The van der Waals surface area contributed by atoms with E-state index in [2.05, 4.69) is 17.4 Å². The summed E-state index contributed by atoms with van der Waals surface area (Å²) < 4.78 is 5.60. The molecule has 0 radical (unpaired) electrons. The number of piperidine rings is 1. The summed E-state index contributed by atoms with van der Waals surface area (Å²) in [5, 5.41) is 22.1. The summed E-state index contributed by atoms with van der Waals surface area (Å²) in [5.74, 6) is -1.71. The normalized spacial score (nSPS) is 17.4. The van der Waals surface area contributed by atoms with Gasteiger partial charge in [-0.3, -0.25) is 4.79 Å². The van der Waals surface area contributed by atoms with Crippen LogP contribution >= 0.6 is 0 Å². The van der Waals surface area contributed by atoms with Crippen LogP contribution in [0.2, 0.25) is 0 Å². The highest BCUT2D eigenvalue weighted by molar-refractivity contribution is 5.87. The monoisotopic (exact) mass is 481 g/mol. The summed E-state index contributed by atoms with van der Waals surface area (Å²) in [6.07, 6.45) is -0.812. The Labute approximate surface area is 204 Å². The number of carbonyl (C=O) groups excluding carboxylic acids is 2. The first kappa shape index (κ1) is 24.7. The van der Waals surface area contributed by atoms with E-state index < -0.39 is 23.7 Å². The van der Waals surface area contributed by atoms with Gasteiger partial charge in [-0.15, -0.1) is 0 Å². The maximum atomic E-state index is 13.1. The lowest BCUT2D eigenvalue weighted by Crippen LogP contribution is -2.57. The number of alkyl carbamates (subject to hydrolysis) is 1. The molecule has 1 aliphatic heterocycles. The highest BCUT2D eigenvalue weighted by Crippen LogP contribution is 2.44. The molecule has 9 heteroatoms. The number of hydrogen-bond acceptors (Lipinski definition) is 6. The fourth-order valence-electron chi connectivity index (χ4n) is 4.86. The molecular weight excluding hydrogens is 450 g/mol. The number of nitrogens with one attached hydrogen (secondary N) is 1. The van der Waals surface area contributed by atoms with Crippen molar-refractivity contribution < 1.29 is 29.3 Å². The van der Waals surface area contributed by atoms with Gasteiger partial charge in [-0.2, -0.15) is 0 Å². The van der Waals surface area contributed by atoms with E-state index in [0.717, 1.165) is 22.3 Å². The molecule has 4 rings (SSSR count). The van der Waals surface area contributed by atoms with Crippen LogP contribution < -0.4 is 5.32 Å². The average molecular weight is 482 g/mol. The van der Waals surface area contributed by atoms with Crippen LogP contribution in [0.15, 0.2) is 48.5 Å². The Bertz CT molecular complexity index is 1060. The summed E-state index contributed by atoms with van der Waals surface area (Å²) in [7, 11) is 3.58. The van der Waals surface area contributed by atoms with Gasteiger partial charge in [0, 0.05) is 38.4 Å². The lowest BCUT2D eigenvalue weighted by atomic mass is 9.91. The summed E-state index contributed by atoms with van der Waals surface area (Å²) in [6, 6.07) is 15.2. The van der Waals surface area contributed by atoms with Crippen molar-refractivity contribution in [2.75, 3.05) is 40.3 Å². The Morgan fingerprint density at radius 2 is 1.60 bits per heavy atom. The maximum Gasteiger partial charge on any atom is 0.407 e. The Balaban J connectivity index is 1.40. The summed E-state index contributed by atoms with van der Waals surface area (Å²) in [6.45, 7) is 0.580. The van der Waals surface area contributed by atoms with Crippen molar-refractivity contribution in [3.63, 3.8) is 0 Å². The number of likely N-dealkylation sites (N-methyl/N-ethyl adjacent to an activating group) is 1. The van der Waals surface area contributed by atoms with Crippen molar-refractivity contribution in [2.45, 2.75) is 30.4 Å². The Morgan fingerprint density at radius 3 is 2.11 bits per heavy atom. The van der Waals surface area contributed by atoms with Gasteiger partial charge in [0.1, 0.15) is 12.6 Å². The van der Waals surface area contributed by atoms with Crippen LogP contribution in [0.1, 0.15) is 29.9 Å². The molecule has 0 spiro atoms. The predicted octanol–water partition coefficient (Wildman–Crippen LogP) is 1.89. The van der Waals surface area contributed by atoms with Crippen LogP contribution in [0.4, 0.5) is 4.79 Å². The molecule has 1 heterocycles. The summed E-state index contributed by atoms with van der Waals surface area (Å²) in [5.41, 5.74) is 2.63. The molecule has 9 nitrogen and oxygen atoms in total. The van der Waals surface area contributed by atoms with Crippen molar-refractivity contribution in [3.05, 3.63) is 59.7 Å². The number of carbonyl (C=O) groups is 3. The number of carboxylic acid groups (broad SMARTS) is 1. The molecule has 2 aliphatic rings. The predicted molar refractivity (Wildman–Crippen MR) is 129 cm³/mol. The van der Waals surface area contributed by atoms with Crippen LogP contribution in [0.25, 0.3) is 11.1 Å². The highest BCUT2D eigenvalue weighted by atomic mass is 16.5. The number of aliphatic carboxylic acids is 1. The molecule has 1 aliphatic carbocycles. The number of nitrogens with zero attached hydrogens (tertiary/aromatic N) is 2. The molecule has 2 aromatic rings. The highest BCUT2D eigenvalue weighted by Gasteiger charge is 2.41. The first-order valence-electron chi connectivity index (χ1n) is 11.7. The zero-order chi connectivity index (χ0) is 25.2. The average Bonchev–Trinajstić information content (AvgIpc) is 3.16. The fourth-order valence-corrected chi connectivity index (χ4v) is 4.86. The minimum absolute atomic E-state index is 0.0618. The van der Waals surface area contributed by atoms with E-state index in [-0.39, 0.29) is 50.9 Å². The number of likely N-dealkylation sites (tertiary alicyclic amines) is 1. The third-order valence-corrected chi connectivity index (χ3v) is 6.78. The van der Waals surface area contributed by atoms with Crippen molar-refractivity contribution in [3.8, 4) is 11.1 Å². The Hall–Kier alpha value is -3.43. The van der Waals surface area contributed by atoms with Gasteiger partial charge in [-0.05, 0) is 36.3 Å². The number of fused-ring (bicyclic) bond motifs is 3. The van der Waals surface area contributed by atoms with Crippen molar-refractivity contribution in [1.29, 1.82) is 0 Å². The third kappa shape index (κ3) is 5.16. The second-order valence-corrected chi connectivity index (χ2v) is 9.45. The SMILES string of the molecule is CN(C)C[C@H](NC(=O)OCC1c2ccccc2-c2ccccc21)C(=O)N1CCC(O)(C(=O)O)CC1. The lowest BCUT2D eigenvalue weighted by molar-refractivity contribution is -0.165. The van der Waals surface area contributed by atoms with Crippen molar-refractivity contribution in [2.24, 2.45) is 0 Å². The zero-order valence-electron chi connectivity index (χ0n) is 19.9. The summed E-state index contributed by atoms with van der Waals surface area (Å²) >= 11 is 0. The number of aliphatic hydroxyl groups is 1. The molecule has 0 unspecified atom stereocenters. The fraction of sp³-hybridized carbons (Fsp3) is 0.423. The van der Waals surface area contributed by atoms with Gasteiger partial charge >= 0.3 is 12.1 Å². The van der Waals surface area contributed by atoms with E-state index in [1.165, 1.54) is 4.90 Å². The zero-order valence-corrected chi connectivity index (χ0v) is 19.9. The molecule has 0 saturated carbocycles. The molecule has 3 N–H and O–H groups in total.